The van der Waals surface area contributed by atoms with Crippen molar-refractivity contribution in [2.45, 2.75) is 12.5 Å². The molecule has 0 saturated carbocycles. The Morgan fingerprint density at radius 3 is 2.61 bits per heavy atom. The second-order valence-electron chi connectivity index (χ2n) is 3.40. The first kappa shape index (κ1) is 16.8. The maximum atomic E-state index is 11.1. The highest BCUT2D eigenvalue weighted by Crippen LogP contribution is 2.38. The lowest BCUT2D eigenvalue weighted by Crippen LogP contribution is -2.17. The molecule has 5 nitrogen and oxygen atoms in total. The summed E-state index contributed by atoms with van der Waals surface area (Å²) in [7, 11) is 2.71. The van der Waals surface area contributed by atoms with Crippen molar-refractivity contribution in [3.05, 3.63) is 22.7 Å². The Bertz CT molecular complexity index is 426. The van der Waals surface area contributed by atoms with Crippen molar-refractivity contribution < 1.29 is 19.4 Å². The van der Waals surface area contributed by atoms with Gasteiger partial charge in [-0.05, 0) is 12.1 Å². The summed E-state index contributed by atoms with van der Waals surface area (Å²) < 4.78 is 9.58. The Labute approximate surface area is 116 Å². The highest BCUT2D eigenvalue weighted by Gasteiger charge is 2.21. The highest BCUT2D eigenvalue weighted by atomic mass is 35.5. The second-order valence-corrected chi connectivity index (χ2v) is 3.81. The van der Waals surface area contributed by atoms with Crippen LogP contribution in [0.1, 0.15) is 18.0 Å². The monoisotopic (exact) mass is 295 g/mol. The van der Waals surface area contributed by atoms with Crippen LogP contribution in [-0.4, -0.2) is 25.3 Å². The quantitative estimate of drug-likeness (QED) is 0.831. The average molecular weight is 296 g/mol. The van der Waals surface area contributed by atoms with Crippen molar-refractivity contribution in [1.29, 1.82) is 0 Å². The van der Waals surface area contributed by atoms with Gasteiger partial charge < -0.3 is 20.3 Å². The van der Waals surface area contributed by atoms with Gasteiger partial charge in [0.15, 0.2) is 0 Å². The maximum absolute atomic E-state index is 11.1. The molecule has 0 spiro atoms. The molecule has 102 valence electrons. The number of nitrogens with two attached hydrogens (primary N) is 1. The molecule has 7 heteroatoms. The van der Waals surface area contributed by atoms with Crippen LogP contribution >= 0.6 is 24.0 Å². The average Bonchev–Trinajstić information content (AvgIpc) is 2.31. The fourth-order valence-electron chi connectivity index (χ4n) is 1.46. The third-order valence-corrected chi connectivity index (χ3v) is 2.64. The molecule has 1 aromatic rings. The zero-order valence-corrected chi connectivity index (χ0v) is 11.5. The number of hydrogen-bond acceptors (Lipinski definition) is 5. The van der Waals surface area contributed by atoms with E-state index in [1.54, 1.807) is 6.07 Å². The summed E-state index contributed by atoms with van der Waals surface area (Å²) in [6.45, 7) is 0. The van der Waals surface area contributed by atoms with Gasteiger partial charge >= 0.3 is 5.97 Å². The molecule has 3 N–H and O–H groups in total. The van der Waals surface area contributed by atoms with E-state index in [-0.39, 0.29) is 29.6 Å². The van der Waals surface area contributed by atoms with Gasteiger partial charge in [0.25, 0.3) is 0 Å². The van der Waals surface area contributed by atoms with Crippen molar-refractivity contribution >= 4 is 30.0 Å². The summed E-state index contributed by atoms with van der Waals surface area (Å²) in [4.78, 5) is 11.1. The normalized spacial score (nSPS) is 11.3. The number of phenols is 1. The SMILES string of the molecule is COC(=O)C[C@H](N)c1c(OC)ccc(Cl)c1O.Cl. The molecule has 0 fully saturated rings. The number of rotatable bonds is 4. The molecule has 0 heterocycles. The van der Waals surface area contributed by atoms with E-state index in [0.717, 1.165) is 0 Å². The molecule has 0 unspecified atom stereocenters. The van der Waals surface area contributed by atoms with Crippen LogP contribution in [0.2, 0.25) is 5.02 Å². The number of aromatic hydroxyl groups is 1. The van der Waals surface area contributed by atoms with Gasteiger partial charge in [0.2, 0.25) is 0 Å². The Kier molecular flexibility index (Phi) is 6.83. The Morgan fingerprint density at radius 1 is 1.50 bits per heavy atom. The molecule has 0 bridgehead atoms. The van der Waals surface area contributed by atoms with Crippen LogP contribution in [-0.2, 0) is 9.53 Å². The van der Waals surface area contributed by atoms with Gasteiger partial charge in [-0.25, -0.2) is 0 Å². The predicted molar refractivity (Wildman–Crippen MR) is 70.5 cm³/mol. The molecule has 1 rings (SSSR count). The summed E-state index contributed by atoms with van der Waals surface area (Å²) in [6.07, 6.45) is -0.0687. The van der Waals surface area contributed by atoms with Gasteiger partial charge in [0.1, 0.15) is 11.5 Å². The zero-order chi connectivity index (χ0) is 13.0. The van der Waals surface area contributed by atoms with Gasteiger partial charge in [0.05, 0.1) is 31.2 Å². The van der Waals surface area contributed by atoms with Crippen LogP contribution in [0.5, 0.6) is 11.5 Å². The zero-order valence-electron chi connectivity index (χ0n) is 9.97. The van der Waals surface area contributed by atoms with Crippen LogP contribution in [0.3, 0.4) is 0 Å². The van der Waals surface area contributed by atoms with Gasteiger partial charge in [0, 0.05) is 6.04 Å². The molecule has 0 saturated heterocycles. The summed E-state index contributed by atoms with van der Waals surface area (Å²) in [6, 6.07) is 2.33. The fraction of sp³-hybridized carbons (Fsp3) is 0.364. The third-order valence-electron chi connectivity index (χ3n) is 2.33. The molecule has 0 aliphatic carbocycles. The van der Waals surface area contributed by atoms with Gasteiger partial charge in [-0.1, -0.05) is 11.6 Å². The Morgan fingerprint density at radius 2 is 2.11 bits per heavy atom. The van der Waals surface area contributed by atoms with E-state index in [4.69, 9.17) is 22.1 Å². The predicted octanol–water partition coefficient (Wildman–Crippen LogP) is 2.04. The minimum absolute atomic E-state index is 0. The first-order chi connectivity index (χ1) is 8.01. The molecule has 0 aliphatic rings. The van der Waals surface area contributed by atoms with Crippen molar-refractivity contribution in [2.75, 3.05) is 14.2 Å². The van der Waals surface area contributed by atoms with Crippen molar-refractivity contribution in [1.82, 2.24) is 0 Å². The number of methoxy groups -OCH3 is 2. The standard InChI is InChI=1S/C11H14ClNO4.ClH/c1-16-8-4-3-6(12)11(15)10(8)7(13)5-9(14)17-2;/h3-4,7,15H,5,13H2,1-2H3;1H/t7-;/m0./s1. The van der Waals surface area contributed by atoms with E-state index in [2.05, 4.69) is 4.74 Å². The number of carbonyl (C=O) groups is 1. The number of halogens is 2. The summed E-state index contributed by atoms with van der Waals surface area (Å²) in [5.74, 6) is -0.273. The largest absolute Gasteiger partial charge is 0.506 e. The molecular formula is C11H15Cl2NO4. The molecule has 0 aliphatic heterocycles. The lowest BCUT2D eigenvalue weighted by Gasteiger charge is -2.16. The van der Waals surface area contributed by atoms with E-state index in [9.17, 15) is 9.90 Å². The van der Waals surface area contributed by atoms with Gasteiger partial charge in [-0.2, -0.15) is 0 Å². The lowest BCUT2D eigenvalue weighted by molar-refractivity contribution is -0.141. The molecule has 0 radical (unpaired) electrons. The topological polar surface area (TPSA) is 81.8 Å². The van der Waals surface area contributed by atoms with Crippen molar-refractivity contribution in [3.8, 4) is 11.5 Å². The number of benzene rings is 1. The van der Waals surface area contributed by atoms with E-state index in [1.807, 2.05) is 0 Å². The van der Waals surface area contributed by atoms with E-state index in [1.165, 1.54) is 20.3 Å². The van der Waals surface area contributed by atoms with Gasteiger partial charge in [-0.3, -0.25) is 4.79 Å². The second kappa shape index (κ2) is 7.31. The number of phenolic OH excluding ortho intramolecular Hbond substituents is 1. The molecule has 18 heavy (non-hydrogen) atoms. The minimum Gasteiger partial charge on any atom is -0.506 e. The molecular weight excluding hydrogens is 281 g/mol. The lowest BCUT2D eigenvalue weighted by atomic mass is 10.0. The first-order valence-corrected chi connectivity index (χ1v) is 5.26. The molecule has 0 aromatic heterocycles. The Balaban J connectivity index is 0.00000289. The molecule has 1 aromatic carbocycles. The minimum atomic E-state index is -0.740. The van der Waals surface area contributed by atoms with E-state index < -0.39 is 12.0 Å². The summed E-state index contributed by atoms with van der Waals surface area (Å²) >= 11 is 5.78. The van der Waals surface area contributed by atoms with Gasteiger partial charge in [-0.15, -0.1) is 12.4 Å². The molecule has 1 atom stereocenters. The number of hydrogen-bond donors (Lipinski definition) is 2. The van der Waals surface area contributed by atoms with Crippen LogP contribution in [0.25, 0.3) is 0 Å². The van der Waals surface area contributed by atoms with Crippen molar-refractivity contribution in [2.24, 2.45) is 5.73 Å². The fourth-order valence-corrected chi connectivity index (χ4v) is 1.63. The highest BCUT2D eigenvalue weighted by molar-refractivity contribution is 6.32. The van der Waals surface area contributed by atoms with E-state index >= 15 is 0 Å². The maximum Gasteiger partial charge on any atom is 0.307 e. The number of ether oxygens (including phenoxy) is 2. The summed E-state index contributed by atoms with van der Waals surface area (Å²) in [5, 5.41) is 9.98. The van der Waals surface area contributed by atoms with Crippen LogP contribution in [0.4, 0.5) is 0 Å². The van der Waals surface area contributed by atoms with Crippen LogP contribution in [0, 0.1) is 0 Å². The number of esters is 1. The van der Waals surface area contributed by atoms with Crippen LogP contribution in [0.15, 0.2) is 12.1 Å². The Hall–Kier alpha value is -1.17. The summed E-state index contributed by atoms with van der Waals surface area (Å²) in [5.41, 5.74) is 6.11. The first-order valence-electron chi connectivity index (χ1n) is 4.89. The van der Waals surface area contributed by atoms with Crippen molar-refractivity contribution in [3.63, 3.8) is 0 Å². The van der Waals surface area contributed by atoms with Crippen LogP contribution < -0.4 is 10.5 Å². The third kappa shape index (κ3) is 3.66. The molecule has 0 amide bonds. The number of carbonyl (C=O) groups excluding carboxylic acids is 1. The smallest absolute Gasteiger partial charge is 0.307 e. The van der Waals surface area contributed by atoms with E-state index in [0.29, 0.717) is 11.3 Å².